The molecular weight excluding hydrogens is 805 g/mol. The number of benzene rings is 3. The predicted octanol–water partition coefficient (Wildman–Crippen LogP) is 7.30. The number of carbonyl (C=O) groups excluding carboxylic acids is 4. The third-order valence-electron chi connectivity index (χ3n) is 13.5. The van der Waals surface area contributed by atoms with Crippen molar-refractivity contribution in [1.82, 2.24) is 40.4 Å². The van der Waals surface area contributed by atoms with Crippen LogP contribution in [0.25, 0.3) is 44.2 Å². The Morgan fingerprint density at radius 1 is 0.825 bits per heavy atom. The standard InChI is InChI=1S/C47H56N8O8/c1-24(2)39(52-46(58)60-5)44(56)54-25(3)9-15-36(54)42-48-21-35(50-42)28-11-13-31-30(18-28)23-63-38-20-32-27(19-33(31)38)12-14-34-41(32)51-43(49-34)37-16-10-26(4)55(37)45(57)40(53-47(59)61-6)29-8-7-17-62-22-29/h11-14,18-21,24-26,29,36-37,39-40H,7-10,15-17,22-23H2,1-6H3,(H,48,50)(H,49,51)(H,52,58)(H,53,59)/t25-,26-,29+,36-,37-,39-,40-/m0/s1. The maximum absolute atomic E-state index is 14.4. The monoisotopic (exact) mass is 860 g/mol. The number of carbonyl (C=O) groups is 4. The van der Waals surface area contributed by atoms with Gasteiger partial charge in [0.1, 0.15) is 36.1 Å². The van der Waals surface area contributed by atoms with E-state index in [1.807, 2.05) is 49.8 Å². The summed E-state index contributed by atoms with van der Waals surface area (Å²) in [5, 5.41) is 7.55. The van der Waals surface area contributed by atoms with Crippen LogP contribution in [0.3, 0.4) is 0 Å². The first-order valence-electron chi connectivity index (χ1n) is 22.1. The fourth-order valence-corrected chi connectivity index (χ4v) is 10.2. The van der Waals surface area contributed by atoms with E-state index in [0.717, 1.165) is 94.0 Å². The zero-order chi connectivity index (χ0) is 44.1. The lowest BCUT2D eigenvalue weighted by Gasteiger charge is -2.36. The fourth-order valence-electron chi connectivity index (χ4n) is 10.2. The summed E-state index contributed by atoms with van der Waals surface area (Å²) in [7, 11) is 2.60. The van der Waals surface area contributed by atoms with Crippen molar-refractivity contribution in [2.24, 2.45) is 11.8 Å². The maximum atomic E-state index is 14.4. The number of hydrogen-bond donors (Lipinski definition) is 4. The zero-order valence-corrected chi connectivity index (χ0v) is 36.7. The molecule has 3 saturated heterocycles. The van der Waals surface area contributed by atoms with Gasteiger partial charge in [-0.25, -0.2) is 19.6 Å². The fraction of sp³-hybridized carbons (Fsp3) is 0.489. The lowest BCUT2D eigenvalue weighted by molar-refractivity contribution is -0.139. The smallest absolute Gasteiger partial charge is 0.407 e. The van der Waals surface area contributed by atoms with Crippen LogP contribution in [0, 0.1) is 11.8 Å². The van der Waals surface area contributed by atoms with Crippen LogP contribution in [0.5, 0.6) is 5.75 Å². The van der Waals surface area contributed by atoms with Gasteiger partial charge in [-0.3, -0.25) is 9.59 Å². The summed E-state index contributed by atoms with van der Waals surface area (Å²) in [6.07, 6.45) is 5.26. The number of nitrogens with one attached hydrogen (secondary N) is 4. The molecule has 0 saturated carbocycles. The molecule has 0 bridgehead atoms. The Kier molecular flexibility index (Phi) is 11.5. The summed E-state index contributed by atoms with van der Waals surface area (Å²) in [6, 6.07) is 12.5. The minimum absolute atomic E-state index is 0.0180. The van der Waals surface area contributed by atoms with Crippen LogP contribution < -0.4 is 15.4 Å². The van der Waals surface area contributed by atoms with E-state index >= 15 is 0 Å². The number of H-pyrrole nitrogens is 2. The summed E-state index contributed by atoms with van der Waals surface area (Å²) in [4.78, 5) is 73.5. The van der Waals surface area contributed by atoms with Crippen molar-refractivity contribution in [3.8, 4) is 28.1 Å². The minimum Gasteiger partial charge on any atom is -0.488 e. The van der Waals surface area contributed by atoms with E-state index in [1.165, 1.54) is 14.2 Å². The van der Waals surface area contributed by atoms with Crippen LogP contribution in [0.1, 0.15) is 95.5 Å². The molecule has 16 heteroatoms. The average molecular weight is 861 g/mol. The summed E-state index contributed by atoms with van der Waals surface area (Å²) in [5.41, 5.74) is 6.58. The molecule has 6 heterocycles. The molecule has 0 spiro atoms. The van der Waals surface area contributed by atoms with Crippen LogP contribution in [-0.4, -0.2) is 105 Å². The highest BCUT2D eigenvalue weighted by molar-refractivity contribution is 6.07. The molecule has 332 valence electrons. The number of likely N-dealkylation sites (tertiary alicyclic amines) is 2. The van der Waals surface area contributed by atoms with E-state index in [1.54, 1.807) is 0 Å². The topological polar surface area (TPSA) is 193 Å². The van der Waals surface area contributed by atoms with E-state index in [9.17, 15) is 19.2 Å². The average Bonchev–Trinajstić information content (AvgIpc) is 4.12. The van der Waals surface area contributed by atoms with Crippen LogP contribution in [-0.2, 0) is 30.4 Å². The number of methoxy groups -OCH3 is 2. The molecule has 4 aliphatic heterocycles. The van der Waals surface area contributed by atoms with E-state index in [0.29, 0.717) is 31.5 Å². The van der Waals surface area contributed by atoms with Gasteiger partial charge in [-0.2, -0.15) is 0 Å². The molecule has 0 unspecified atom stereocenters. The van der Waals surface area contributed by atoms with Gasteiger partial charge < -0.3 is 49.3 Å². The predicted molar refractivity (Wildman–Crippen MR) is 235 cm³/mol. The van der Waals surface area contributed by atoms with Crippen molar-refractivity contribution in [1.29, 1.82) is 0 Å². The van der Waals surface area contributed by atoms with Gasteiger partial charge in [0, 0.05) is 35.6 Å². The maximum Gasteiger partial charge on any atom is 0.407 e. The Balaban J connectivity index is 0.964. The molecule has 7 atom stereocenters. The number of aromatic amines is 2. The molecule has 5 aromatic rings. The molecule has 3 aromatic carbocycles. The van der Waals surface area contributed by atoms with E-state index in [2.05, 4.69) is 57.0 Å². The minimum atomic E-state index is -0.767. The van der Waals surface area contributed by atoms with Crippen molar-refractivity contribution in [2.75, 3.05) is 27.4 Å². The number of rotatable bonds is 9. The number of hydrogen-bond acceptors (Lipinski definition) is 10. The van der Waals surface area contributed by atoms with E-state index in [-0.39, 0.29) is 47.8 Å². The molecule has 0 radical (unpaired) electrons. The number of amides is 4. The zero-order valence-electron chi connectivity index (χ0n) is 36.7. The van der Waals surface area contributed by atoms with Gasteiger partial charge >= 0.3 is 12.2 Å². The van der Waals surface area contributed by atoms with E-state index in [4.69, 9.17) is 28.9 Å². The molecule has 2 aromatic heterocycles. The van der Waals surface area contributed by atoms with E-state index < -0.39 is 24.3 Å². The second-order valence-corrected chi connectivity index (χ2v) is 17.8. The summed E-state index contributed by atoms with van der Waals surface area (Å²) < 4.78 is 21.9. The first kappa shape index (κ1) is 42.2. The normalized spacial score (nSPS) is 22.9. The van der Waals surface area contributed by atoms with Gasteiger partial charge in [0.2, 0.25) is 11.8 Å². The van der Waals surface area contributed by atoms with Crippen LogP contribution in [0.15, 0.2) is 48.7 Å². The summed E-state index contributed by atoms with van der Waals surface area (Å²) in [6.45, 7) is 9.31. The van der Waals surface area contributed by atoms with Crippen molar-refractivity contribution in [3.05, 3.63) is 65.9 Å². The molecule has 16 nitrogen and oxygen atoms in total. The lowest BCUT2D eigenvalue weighted by atomic mass is 9.92. The van der Waals surface area contributed by atoms with Gasteiger partial charge in [-0.15, -0.1) is 0 Å². The number of ether oxygens (including phenoxy) is 4. The Morgan fingerprint density at radius 3 is 2.27 bits per heavy atom. The lowest BCUT2D eigenvalue weighted by Crippen LogP contribution is -2.55. The number of imidazole rings is 2. The largest absolute Gasteiger partial charge is 0.488 e. The van der Waals surface area contributed by atoms with Crippen LogP contribution in [0.2, 0.25) is 0 Å². The second kappa shape index (κ2) is 17.2. The molecular formula is C47H56N8O8. The number of fused-ring (bicyclic) bond motifs is 6. The first-order chi connectivity index (χ1) is 30.4. The Hall–Kier alpha value is -6.16. The second-order valence-electron chi connectivity index (χ2n) is 17.8. The number of nitrogens with zero attached hydrogens (tertiary/aromatic N) is 4. The Labute approximate surface area is 365 Å². The molecule has 4 N–H and O–H groups in total. The Morgan fingerprint density at radius 2 is 1.56 bits per heavy atom. The van der Waals surface area contributed by atoms with Crippen LogP contribution >= 0.6 is 0 Å². The van der Waals surface area contributed by atoms with Crippen LogP contribution in [0.4, 0.5) is 9.59 Å². The number of alkyl carbamates (subject to hydrolysis) is 2. The molecule has 63 heavy (non-hydrogen) atoms. The van der Waals surface area contributed by atoms with Gasteiger partial charge in [-0.1, -0.05) is 32.0 Å². The summed E-state index contributed by atoms with van der Waals surface area (Å²) >= 11 is 0. The van der Waals surface area contributed by atoms with Gasteiger partial charge in [0.25, 0.3) is 0 Å². The van der Waals surface area contributed by atoms with Crippen molar-refractivity contribution in [3.63, 3.8) is 0 Å². The molecule has 9 rings (SSSR count). The summed E-state index contributed by atoms with van der Waals surface area (Å²) in [5.74, 6) is 1.60. The quantitative estimate of drug-likeness (QED) is 0.117. The third kappa shape index (κ3) is 7.82. The third-order valence-corrected chi connectivity index (χ3v) is 13.5. The van der Waals surface area contributed by atoms with Gasteiger partial charge in [0.05, 0.1) is 55.8 Å². The number of aromatic nitrogens is 4. The highest BCUT2D eigenvalue weighted by atomic mass is 16.5. The first-order valence-corrected chi connectivity index (χ1v) is 22.1. The highest BCUT2D eigenvalue weighted by Gasteiger charge is 2.44. The Bertz CT molecular complexity index is 2560. The van der Waals surface area contributed by atoms with Gasteiger partial charge in [0.15, 0.2) is 0 Å². The van der Waals surface area contributed by atoms with Crippen molar-refractivity contribution < 1.29 is 38.1 Å². The molecule has 3 fully saturated rings. The van der Waals surface area contributed by atoms with Crippen molar-refractivity contribution in [2.45, 2.75) is 109 Å². The van der Waals surface area contributed by atoms with Crippen molar-refractivity contribution >= 4 is 45.8 Å². The highest BCUT2D eigenvalue weighted by Crippen LogP contribution is 2.44. The van der Waals surface area contributed by atoms with Gasteiger partial charge in [-0.05, 0) is 105 Å². The SMILES string of the molecule is COC(=O)N[C@H](C(=O)N1[C@@H](C)CC[C@H]1c1ncc(-c2ccc3c(c2)COc2cc4c(ccc5nc([C@@H]6CC[C@H](C)N6C(=O)[C@@H](NC(=O)OC)[C@@H]6CCCOC6)[nH]c54)cc2-3)[nH]1)C(C)C. The molecule has 4 amide bonds. The molecule has 4 aliphatic rings. The molecule has 0 aliphatic carbocycles.